The monoisotopic (exact) mass is 316 g/mol. The second-order valence-corrected chi connectivity index (χ2v) is 4.56. The van der Waals surface area contributed by atoms with E-state index < -0.39 is 5.82 Å². The van der Waals surface area contributed by atoms with Crippen molar-refractivity contribution in [1.82, 2.24) is 15.0 Å². The van der Waals surface area contributed by atoms with E-state index in [-0.39, 0.29) is 22.1 Å². The van der Waals surface area contributed by atoms with Crippen molar-refractivity contribution in [2.75, 3.05) is 11.9 Å². The number of benzene rings is 1. The molecule has 0 aliphatic rings. The van der Waals surface area contributed by atoms with Crippen LogP contribution >= 0.6 is 23.2 Å². The molecule has 0 fully saturated rings. The number of anilines is 1. The predicted octanol–water partition coefficient (Wildman–Crippen LogP) is 3.93. The van der Waals surface area contributed by atoms with Crippen LogP contribution < -0.4 is 10.1 Å². The zero-order chi connectivity index (χ0) is 14.5. The largest absolute Gasteiger partial charge is 0.423 e. The molecular formula is C12H11Cl2FN4O. The lowest BCUT2D eigenvalue weighted by Crippen LogP contribution is -2.06. The third-order valence-electron chi connectivity index (χ3n) is 2.22. The lowest BCUT2D eigenvalue weighted by molar-refractivity contribution is 0.439. The first-order chi connectivity index (χ1) is 9.58. The predicted molar refractivity (Wildman–Crippen MR) is 75.1 cm³/mol. The number of nitrogens with zero attached hydrogens (tertiary/aromatic N) is 3. The molecule has 1 aromatic carbocycles. The van der Waals surface area contributed by atoms with Gasteiger partial charge in [-0.15, -0.1) is 0 Å². The van der Waals surface area contributed by atoms with E-state index in [2.05, 4.69) is 20.3 Å². The van der Waals surface area contributed by atoms with Crippen LogP contribution in [0.25, 0.3) is 0 Å². The summed E-state index contributed by atoms with van der Waals surface area (Å²) in [4.78, 5) is 11.8. The van der Waals surface area contributed by atoms with Gasteiger partial charge in [0.2, 0.25) is 11.2 Å². The van der Waals surface area contributed by atoms with Crippen LogP contribution in [0, 0.1) is 5.82 Å². The number of nitrogens with one attached hydrogen (secondary N) is 1. The van der Waals surface area contributed by atoms with Crippen molar-refractivity contribution < 1.29 is 9.13 Å². The SMILES string of the molecule is CCCNc1nc(Cl)nc(Oc2ccc(F)cc2Cl)n1. The highest BCUT2D eigenvalue weighted by Crippen LogP contribution is 2.28. The summed E-state index contributed by atoms with van der Waals surface area (Å²) in [5.74, 6) is 0.0817. The van der Waals surface area contributed by atoms with Crippen LogP contribution in [0.3, 0.4) is 0 Å². The Hall–Kier alpha value is -1.66. The van der Waals surface area contributed by atoms with Crippen molar-refractivity contribution in [3.63, 3.8) is 0 Å². The normalized spacial score (nSPS) is 10.4. The van der Waals surface area contributed by atoms with Gasteiger partial charge in [0.15, 0.2) is 0 Å². The van der Waals surface area contributed by atoms with Crippen LogP contribution in [-0.2, 0) is 0 Å². The maximum Gasteiger partial charge on any atom is 0.328 e. The second-order valence-electron chi connectivity index (χ2n) is 3.81. The second kappa shape index (κ2) is 6.67. The first kappa shape index (κ1) is 14.7. The van der Waals surface area contributed by atoms with E-state index in [0.717, 1.165) is 12.5 Å². The summed E-state index contributed by atoms with van der Waals surface area (Å²) in [6.45, 7) is 2.70. The van der Waals surface area contributed by atoms with Crippen LogP contribution in [0.1, 0.15) is 13.3 Å². The van der Waals surface area contributed by atoms with Crippen molar-refractivity contribution in [3.8, 4) is 11.8 Å². The first-order valence-electron chi connectivity index (χ1n) is 5.87. The molecule has 0 spiro atoms. The highest BCUT2D eigenvalue weighted by Gasteiger charge is 2.10. The molecule has 0 unspecified atom stereocenters. The van der Waals surface area contributed by atoms with Gasteiger partial charge in [0.25, 0.3) is 0 Å². The minimum absolute atomic E-state index is 0.00756. The van der Waals surface area contributed by atoms with Crippen LogP contribution in [-0.4, -0.2) is 21.5 Å². The Bertz CT molecular complexity index is 612. The minimum Gasteiger partial charge on any atom is -0.423 e. The molecule has 0 radical (unpaired) electrons. The number of hydrogen-bond acceptors (Lipinski definition) is 5. The Morgan fingerprint density at radius 3 is 2.75 bits per heavy atom. The zero-order valence-corrected chi connectivity index (χ0v) is 12.0. The van der Waals surface area contributed by atoms with Crippen LogP contribution in [0.4, 0.5) is 10.3 Å². The number of aromatic nitrogens is 3. The maximum atomic E-state index is 12.9. The summed E-state index contributed by atoms with van der Waals surface area (Å²) in [5, 5.41) is 3.07. The zero-order valence-electron chi connectivity index (χ0n) is 10.5. The minimum atomic E-state index is -0.457. The molecule has 0 saturated carbocycles. The van der Waals surface area contributed by atoms with Gasteiger partial charge in [-0.05, 0) is 36.2 Å². The third kappa shape index (κ3) is 3.91. The fourth-order valence-corrected chi connectivity index (χ4v) is 1.71. The summed E-state index contributed by atoms with van der Waals surface area (Å²) < 4.78 is 18.3. The third-order valence-corrected chi connectivity index (χ3v) is 2.68. The Morgan fingerprint density at radius 2 is 2.05 bits per heavy atom. The van der Waals surface area contributed by atoms with E-state index in [9.17, 15) is 4.39 Å². The molecule has 2 rings (SSSR count). The first-order valence-corrected chi connectivity index (χ1v) is 6.62. The lowest BCUT2D eigenvalue weighted by Gasteiger charge is -2.08. The van der Waals surface area contributed by atoms with Gasteiger partial charge in [0.1, 0.15) is 11.6 Å². The van der Waals surface area contributed by atoms with Crippen LogP contribution in [0.2, 0.25) is 10.3 Å². The fraction of sp³-hybridized carbons (Fsp3) is 0.250. The number of halogens is 3. The number of hydrogen-bond donors (Lipinski definition) is 1. The van der Waals surface area contributed by atoms with Crippen molar-refractivity contribution in [2.45, 2.75) is 13.3 Å². The number of rotatable bonds is 5. The smallest absolute Gasteiger partial charge is 0.328 e. The van der Waals surface area contributed by atoms with Gasteiger partial charge in [-0.1, -0.05) is 18.5 Å². The molecule has 2 aromatic rings. The van der Waals surface area contributed by atoms with Crippen molar-refractivity contribution >= 4 is 29.2 Å². The molecule has 0 bridgehead atoms. The molecule has 106 valence electrons. The topological polar surface area (TPSA) is 59.9 Å². The molecule has 8 heteroatoms. The Kier molecular flexibility index (Phi) is 4.92. The average molecular weight is 317 g/mol. The summed E-state index contributed by atoms with van der Waals surface area (Å²) in [6.07, 6.45) is 0.906. The molecule has 0 saturated heterocycles. The van der Waals surface area contributed by atoms with Gasteiger partial charge >= 0.3 is 6.01 Å². The van der Waals surface area contributed by atoms with Crippen molar-refractivity contribution in [2.24, 2.45) is 0 Å². The molecule has 5 nitrogen and oxygen atoms in total. The molecule has 1 N–H and O–H groups in total. The van der Waals surface area contributed by atoms with Gasteiger partial charge in [-0.2, -0.15) is 15.0 Å². The highest BCUT2D eigenvalue weighted by atomic mass is 35.5. The molecule has 0 atom stereocenters. The molecular weight excluding hydrogens is 306 g/mol. The standard InChI is InChI=1S/C12H11Cl2FN4O/c1-2-5-16-11-17-10(14)18-12(19-11)20-9-4-3-7(15)6-8(9)13/h3-4,6H,2,5H2,1H3,(H,16,17,18,19). The quantitative estimate of drug-likeness (QED) is 0.905. The molecule has 0 aliphatic heterocycles. The lowest BCUT2D eigenvalue weighted by atomic mass is 10.3. The number of ether oxygens (including phenoxy) is 1. The van der Waals surface area contributed by atoms with E-state index in [1.807, 2.05) is 6.92 Å². The summed E-state index contributed by atoms with van der Waals surface area (Å²) in [5.41, 5.74) is 0. The molecule has 20 heavy (non-hydrogen) atoms. The fourth-order valence-electron chi connectivity index (χ4n) is 1.35. The van der Waals surface area contributed by atoms with Crippen LogP contribution in [0.15, 0.2) is 18.2 Å². The van der Waals surface area contributed by atoms with E-state index in [1.54, 1.807) is 0 Å². The molecule has 1 heterocycles. The van der Waals surface area contributed by atoms with Gasteiger partial charge < -0.3 is 10.1 Å². The van der Waals surface area contributed by atoms with Crippen LogP contribution in [0.5, 0.6) is 11.8 Å². The molecule has 0 amide bonds. The molecule has 0 aliphatic carbocycles. The maximum absolute atomic E-state index is 12.9. The average Bonchev–Trinajstić information content (AvgIpc) is 2.39. The van der Waals surface area contributed by atoms with E-state index in [4.69, 9.17) is 27.9 Å². The highest BCUT2D eigenvalue weighted by molar-refractivity contribution is 6.32. The van der Waals surface area contributed by atoms with Gasteiger partial charge in [0, 0.05) is 6.54 Å². The van der Waals surface area contributed by atoms with E-state index in [1.165, 1.54) is 12.1 Å². The van der Waals surface area contributed by atoms with Crippen molar-refractivity contribution in [1.29, 1.82) is 0 Å². The Balaban J connectivity index is 2.21. The summed E-state index contributed by atoms with van der Waals surface area (Å²) in [7, 11) is 0. The van der Waals surface area contributed by atoms with Gasteiger partial charge in [0.05, 0.1) is 5.02 Å². The van der Waals surface area contributed by atoms with Crippen molar-refractivity contribution in [3.05, 3.63) is 34.3 Å². The molecule has 1 aromatic heterocycles. The van der Waals surface area contributed by atoms with E-state index >= 15 is 0 Å². The Labute approximate surface area is 125 Å². The summed E-state index contributed by atoms with van der Waals surface area (Å²) in [6, 6.07) is 3.72. The van der Waals surface area contributed by atoms with E-state index in [0.29, 0.717) is 12.5 Å². The Morgan fingerprint density at radius 1 is 1.25 bits per heavy atom. The van der Waals surface area contributed by atoms with Gasteiger partial charge in [-0.25, -0.2) is 4.39 Å². The summed E-state index contributed by atoms with van der Waals surface area (Å²) >= 11 is 11.6. The van der Waals surface area contributed by atoms with Gasteiger partial charge in [-0.3, -0.25) is 0 Å².